The van der Waals surface area contributed by atoms with Crippen LogP contribution in [0.5, 0.6) is 23.0 Å². The van der Waals surface area contributed by atoms with Gasteiger partial charge in [-0.1, -0.05) is 42.5 Å². The number of carbonyl (C=O) groups excluding carboxylic acids is 2. The van der Waals surface area contributed by atoms with Gasteiger partial charge in [0, 0.05) is 5.56 Å². The number of rotatable bonds is 6. The Morgan fingerprint density at radius 2 is 1.67 bits per heavy atom. The van der Waals surface area contributed by atoms with Gasteiger partial charge in [-0.15, -0.1) is 0 Å². The molecule has 6 nitrogen and oxygen atoms in total. The molecule has 0 N–H and O–H groups in total. The SMILES string of the molecule is COc1cc(C=CC(=O)c2ccccc2)ccc1OC(=O)c1ccc2c(c1)OCO2. The summed E-state index contributed by atoms with van der Waals surface area (Å²) in [5.41, 5.74) is 1.67. The minimum absolute atomic E-state index is 0.104. The van der Waals surface area contributed by atoms with Crippen molar-refractivity contribution in [3.05, 3.63) is 89.5 Å². The molecular weight excluding hydrogens is 384 g/mol. The van der Waals surface area contributed by atoms with Gasteiger partial charge >= 0.3 is 5.97 Å². The van der Waals surface area contributed by atoms with E-state index in [0.717, 1.165) is 5.56 Å². The number of esters is 1. The van der Waals surface area contributed by atoms with Gasteiger partial charge < -0.3 is 18.9 Å². The van der Waals surface area contributed by atoms with Crippen molar-refractivity contribution in [3.8, 4) is 23.0 Å². The van der Waals surface area contributed by atoms with Crippen LogP contribution in [0.3, 0.4) is 0 Å². The first kappa shape index (κ1) is 19.3. The lowest BCUT2D eigenvalue weighted by molar-refractivity contribution is 0.0729. The molecule has 1 aliphatic rings. The van der Waals surface area contributed by atoms with Crippen molar-refractivity contribution in [1.29, 1.82) is 0 Å². The second kappa shape index (κ2) is 8.53. The molecule has 150 valence electrons. The average molecular weight is 402 g/mol. The Hall–Kier alpha value is -4.06. The summed E-state index contributed by atoms with van der Waals surface area (Å²) < 4.78 is 21.4. The first-order valence-electron chi connectivity index (χ1n) is 9.21. The molecule has 0 spiro atoms. The zero-order valence-corrected chi connectivity index (χ0v) is 16.2. The van der Waals surface area contributed by atoms with Gasteiger partial charge in [-0.3, -0.25) is 4.79 Å². The van der Waals surface area contributed by atoms with E-state index in [1.807, 2.05) is 18.2 Å². The van der Waals surface area contributed by atoms with Gasteiger partial charge in [-0.2, -0.15) is 0 Å². The van der Waals surface area contributed by atoms with Crippen molar-refractivity contribution < 1.29 is 28.5 Å². The highest BCUT2D eigenvalue weighted by Crippen LogP contribution is 2.34. The van der Waals surface area contributed by atoms with Crippen molar-refractivity contribution >= 4 is 17.8 Å². The summed E-state index contributed by atoms with van der Waals surface area (Å²) in [7, 11) is 1.48. The molecule has 3 aromatic rings. The minimum Gasteiger partial charge on any atom is -0.493 e. The number of hydrogen-bond acceptors (Lipinski definition) is 6. The molecule has 0 fully saturated rings. The monoisotopic (exact) mass is 402 g/mol. The highest BCUT2D eigenvalue weighted by molar-refractivity contribution is 6.06. The first-order chi connectivity index (χ1) is 14.6. The Bertz CT molecular complexity index is 1120. The molecule has 0 saturated heterocycles. The standard InChI is InChI=1S/C24H18O6/c1-27-22-13-16(7-10-19(25)17-5-3-2-4-6-17)8-11-21(22)30-24(26)18-9-12-20-23(14-18)29-15-28-20/h2-14H,15H2,1H3. The Kier molecular flexibility index (Phi) is 5.48. The van der Waals surface area contributed by atoms with Crippen LogP contribution in [0.1, 0.15) is 26.3 Å². The zero-order chi connectivity index (χ0) is 20.9. The Morgan fingerprint density at radius 3 is 2.47 bits per heavy atom. The number of carbonyl (C=O) groups is 2. The molecule has 0 unspecified atom stereocenters. The Balaban J connectivity index is 1.49. The molecule has 0 amide bonds. The summed E-state index contributed by atoms with van der Waals surface area (Å²) >= 11 is 0. The van der Waals surface area contributed by atoms with E-state index in [2.05, 4.69) is 0 Å². The number of ketones is 1. The van der Waals surface area contributed by atoms with Crippen molar-refractivity contribution in [2.45, 2.75) is 0 Å². The Morgan fingerprint density at radius 1 is 0.867 bits per heavy atom. The molecule has 1 heterocycles. The van der Waals surface area contributed by atoms with Crippen molar-refractivity contribution in [1.82, 2.24) is 0 Å². The van der Waals surface area contributed by atoms with Crippen LogP contribution >= 0.6 is 0 Å². The Labute approximate surface area is 173 Å². The third kappa shape index (κ3) is 4.17. The maximum atomic E-state index is 12.5. The lowest BCUT2D eigenvalue weighted by Gasteiger charge is -2.10. The number of fused-ring (bicyclic) bond motifs is 1. The molecule has 0 atom stereocenters. The summed E-state index contributed by atoms with van der Waals surface area (Å²) in [4.78, 5) is 24.7. The third-order valence-corrected chi connectivity index (χ3v) is 4.48. The van der Waals surface area contributed by atoms with Crippen molar-refractivity contribution in [2.75, 3.05) is 13.9 Å². The number of allylic oxidation sites excluding steroid dienone is 1. The van der Waals surface area contributed by atoms with E-state index in [0.29, 0.717) is 28.4 Å². The van der Waals surface area contributed by atoms with E-state index in [9.17, 15) is 9.59 Å². The van der Waals surface area contributed by atoms with Crippen molar-refractivity contribution in [2.24, 2.45) is 0 Å². The van der Waals surface area contributed by atoms with Gasteiger partial charge in [-0.25, -0.2) is 4.79 Å². The number of benzene rings is 3. The molecule has 6 heteroatoms. The van der Waals surface area contributed by atoms with Crippen LogP contribution < -0.4 is 18.9 Å². The molecule has 0 bridgehead atoms. The van der Waals surface area contributed by atoms with Crippen LogP contribution in [0.4, 0.5) is 0 Å². The zero-order valence-electron chi connectivity index (χ0n) is 16.2. The van der Waals surface area contributed by atoms with Crippen LogP contribution in [0.25, 0.3) is 6.08 Å². The smallest absolute Gasteiger partial charge is 0.343 e. The van der Waals surface area contributed by atoms with Gasteiger partial charge in [0.2, 0.25) is 6.79 Å². The van der Waals surface area contributed by atoms with E-state index < -0.39 is 5.97 Å². The normalized spacial score (nSPS) is 12.0. The molecule has 0 aliphatic carbocycles. The molecular formula is C24H18O6. The number of hydrogen-bond donors (Lipinski definition) is 0. The highest BCUT2D eigenvalue weighted by Gasteiger charge is 2.18. The van der Waals surface area contributed by atoms with E-state index >= 15 is 0 Å². The van der Waals surface area contributed by atoms with Gasteiger partial charge in [-0.05, 0) is 42.0 Å². The van der Waals surface area contributed by atoms with Crippen LogP contribution in [0, 0.1) is 0 Å². The number of methoxy groups -OCH3 is 1. The maximum absolute atomic E-state index is 12.5. The second-order valence-corrected chi connectivity index (χ2v) is 6.43. The first-order valence-corrected chi connectivity index (χ1v) is 9.21. The van der Waals surface area contributed by atoms with Crippen molar-refractivity contribution in [3.63, 3.8) is 0 Å². The lowest BCUT2D eigenvalue weighted by atomic mass is 10.1. The third-order valence-electron chi connectivity index (χ3n) is 4.48. The van der Waals surface area contributed by atoms with Gasteiger partial charge in [0.1, 0.15) is 0 Å². The predicted octanol–water partition coefficient (Wildman–Crippen LogP) is 4.54. The molecule has 30 heavy (non-hydrogen) atoms. The predicted molar refractivity (Wildman–Crippen MR) is 110 cm³/mol. The van der Waals surface area contributed by atoms with Crippen LogP contribution in [0.2, 0.25) is 0 Å². The fourth-order valence-corrected chi connectivity index (χ4v) is 2.93. The summed E-state index contributed by atoms with van der Waals surface area (Å²) in [6.45, 7) is 0.128. The molecule has 4 rings (SSSR count). The molecule has 0 aromatic heterocycles. The molecule has 3 aromatic carbocycles. The summed E-state index contributed by atoms with van der Waals surface area (Å²) in [6, 6.07) is 18.9. The summed E-state index contributed by atoms with van der Waals surface area (Å²) in [5.74, 6) is 1.08. The topological polar surface area (TPSA) is 71.1 Å². The average Bonchev–Trinajstić information content (AvgIpc) is 3.26. The minimum atomic E-state index is -0.547. The van der Waals surface area contributed by atoms with Gasteiger partial charge in [0.15, 0.2) is 28.8 Å². The lowest BCUT2D eigenvalue weighted by Crippen LogP contribution is -2.09. The quantitative estimate of drug-likeness (QED) is 0.261. The van der Waals surface area contributed by atoms with Crippen LogP contribution in [0.15, 0.2) is 72.8 Å². The van der Waals surface area contributed by atoms with Gasteiger partial charge in [0.05, 0.1) is 12.7 Å². The van der Waals surface area contributed by atoms with E-state index in [4.69, 9.17) is 18.9 Å². The fourth-order valence-electron chi connectivity index (χ4n) is 2.93. The fraction of sp³-hybridized carbons (Fsp3) is 0.0833. The highest BCUT2D eigenvalue weighted by atomic mass is 16.7. The maximum Gasteiger partial charge on any atom is 0.343 e. The van der Waals surface area contributed by atoms with Crippen LogP contribution in [-0.4, -0.2) is 25.7 Å². The summed E-state index contributed by atoms with van der Waals surface area (Å²) in [5, 5.41) is 0. The number of ether oxygens (including phenoxy) is 4. The van der Waals surface area contributed by atoms with Gasteiger partial charge in [0.25, 0.3) is 0 Å². The largest absolute Gasteiger partial charge is 0.493 e. The second-order valence-electron chi connectivity index (χ2n) is 6.43. The van der Waals surface area contributed by atoms with E-state index in [1.165, 1.54) is 13.2 Å². The van der Waals surface area contributed by atoms with E-state index in [1.54, 1.807) is 54.6 Å². The summed E-state index contributed by atoms with van der Waals surface area (Å²) in [6.07, 6.45) is 3.17. The molecule has 0 radical (unpaired) electrons. The van der Waals surface area contributed by atoms with E-state index in [-0.39, 0.29) is 18.3 Å². The molecule has 0 saturated carbocycles. The molecule has 1 aliphatic heterocycles. The van der Waals surface area contributed by atoms with Crippen LogP contribution in [-0.2, 0) is 0 Å².